The van der Waals surface area contributed by atoms with Gasteiger partial charge >= 0.3 is 0 Å². The van der Waals surface area contributed by atoms with Crippen LogP contribution in [0.25, 0.3) is 17.2 Å². The normalized spacial score (nSPS) is 10.8. The maximum atomic E-state index is 4.51. The predicted molar refractivity (Wildman–Crippen MR) is 90.4 cm³/mol. The van der Waals surface area contributed by atoms with Gasteiger partial charge in [-0.1, -0.05) is 6.07 Å². The molecule has 4 aromatic heterocycles. The lowest BCUT2D eigenvalue weighted by Gasteiger charge is -2.09. The highest BCUT2D eigenvalue weighted by Crippen LogP contribution is 2.19. The van der Waals surface area contributed by atoms with Crippen molar-refractivity contribution < 1.29 is 0 Å². The number of fused-ring (bicyclic) bond motifs is 1. The van der Waals surface area contributed by atoms with Crippen molar-refractivity contribution in [2.45, 2.75) is 6.42 Å². The summed E-state index contributed by atoms with van der Waals surface area (Å²) in [5.74, 6) is 1.39. The quantitative estimate of drug-likeness (QED) is 0.608. The Hall–Kier alpha value is -3.35. The van der Waals surface area contributed by atoms with Crippen molar-refractivity contribution in [3.63, 3.8) is 0 Å². The summed E-state index contributed by atoms with van der Waals surface area (Å²) in [5.41, 5.74) is 2.80. The Morgan fingerprint density at radius 3 is 2.71 bits per heavy atom. The molecular weight excluding hydrogens is 302 g/mol. The summed E-state index contributed by atoms with van der Waals surface area (Å²) < 4.78 is 1.69. The molecule has 0 bridgehead atoms. The van der Waals surface area contributed by atoms with E-state index in [4.69, 9.17) is 0 Å². The molecule has 118 valence electrons. The largest absolute Gasteiger partial charge is 0.370 e. The summed E-state index contributed by atoms with van der Waals surface area (Å²) in [4.78, 5) is 17.1. The highest BCUT2D eigenvalue weighted by atomic mass is 15.3. The van der Waals surface area contributed by atoms with Crippen LogP contribution in [-0.2, 0) is 6.42 Å². The smallest absolute Gasteiger partial charge is 0.254 e. The van der Waals surface area contributed by atoms with Crippen molar-refractivity contribution in [2.75, 3.05) is 11.9 Å². The molecule has 0 aliphatic carbocycles. The Morgan fingerprint density at radius 2 is 1.88 bits per heavy atom. The molecule has 0 unspecified atom stereocenters. The fraction of sp³-hybridized carbons (Fsp3) is 0.118. The van der Waals surface area contributed by atoms with Gasteiger partial charge in [0.05, 0.1) is 11.4 Å². The van der Waals surface area contributed by atoms with Crippen LogP contribution in [0.15, 0.2) is 61.3 Å². The van der Waals surface area contributed by atoms with Gasteiger partial charge in [0.15, 0.2) is 0 Å². The van der Waals surface area contributed by atoms with Crippen LogP contribution in [0.2, 0.25) is 0 Å². The summed E-state index contributed by atoms with van der Waals surface area (Å²) in [6.45, 7) is 0.768. The van der Waals surface area contributed by atoms with Crippen LogP contribution in [-0.4, -0.2) is 36.1 Å². The third-order valence-electron chi connectivity index (χ3n) is 3.65. The molecule has 0 spiro atoms. The summed E-state index contributed by atoms with van der Waals surface area (Å²) in [5, 5.41) is 7.63. The van der Waals surface area contributed by atoms with Gasteiger partial charge in [0, 0.05) is 31.2 Å². The van der Waals surface area contributed by atoms with Gasteiger partial charge < -0.3 is 5.32 Å². The maximum Gasteiger partial charge on any atom is 0.254 e. The first-order valence-electron chi connectivity index (χ1n) is 7.65. The van der Waals surface area contributed by atoms with Crippen molar-refractivity contribution in [3.05, 3.63) is 66.9 Å². The highest BCUT2D eigenvalue weighted by Gasteiger charge is 2.09. The average molecular weight is 317 g/mol. The Balaban J connectivity index is 1.60. The van der Waals surface area contributed by atoms with Crippen molar-refractivity contribution in [1.82, 2.24) is 29.5 Å². The monoisotopic (exact) mass is 317 g/mol. The first-order chi connectivity index (χ1) is 11.9. The van der Waals surface area contributed by atoms with Crippen LogP contribution in [0, 0.1) is 0 Å². The Bertz CT molecular complexity index is 935. The third-order valence-corrected chi connectivity index (χ3v) is 3.65. The molecule has 0 aromatic carbocycles. The molecule has 1 N–H and O–H groups in total. The van der Waals surface area contributed by atoms with E-state index in [0.717, 1.165) is 30.2 Å². The molecule has 0 amide bonds. The van der Waals surface area contributed by atoms with Crippen LogP contribution in [0.4, 0.5) is 5.82 Å². The minimum Gasteiger partial charge on any atom is -0.370 e. The number of nitrogens with one attached hydrogen (secondary N) is 1. The first kappa shape index (κ1) is 14.3. The van der Waals surface area contributed by atoms with Gasteiger partial charge in [0.25, 0.3) is 5.78 Å². The number of anilines is 1. The number of hydrogen-bond donors (Lipinski definition) is 1. The van der Waals surface area contributed by atoms with Crippen LogP contribution in [0.5, 0.6) is 0 Å². The minimum absolute atomic E-state index is 0.546. The summed E-state index contributed by atoms with van der Waals surface area (Å²) in [7, 11) is 0. The van der Waals surface area contributed by atoms with Crippen molar-refractivity contribution >= 4 is 11.6 Å². The van der Waals surface area contributed by atoms with Crippen LogP contribution in [0.3, 0.4) is 0 Å². The fourth-order valence-electron chi connectivity index (χ4n) is 2.47. The van der Waals surface area contributed by atoms with Gasteiger partial charge in [-0.3, -0.25) is 9.97 Å². The SMILES string of the molecule is c1ccc(-c2cc(NCCc3ccncc3)n3ncnc3n2)nc1. The number of nitrogens with zero attached hydrogens (tertiary/aromatic N) is 6. The van der Waals surface area contributed by atoms with Gasteiger partial charge in [-0.15, -0.1) is 0 Å². The van der Waals surface area contributed by atoms with Gasteiger partial charge in [-0.2, -0.15) is 14.6 Å². The molecule has 4 rings (SSSR count). The second kappa shape index (κ2) is 6.41. The number of pyridine rings is 2. The zero-order valence-corrected chi connectivity index (χ0v) is 12.9. The van der Waals surface area contributed by atoms with E-state index in [9.17, 15) is 0 Å². The average Bonchev–Trinajstić information content (AvgIpc) is 3.12. The van der Waals surface area contributed by atoms with Crippen molar-refractivity contribution in [2.24, 2.45) is 0 Å². The van der Waals surface area contributed by atoms with E-state index >= 15 is 0 Å². The summed E-state index contributed by atoms with van der Waals surface area (Å²) in [6.07, 6.45) is 7.74. The summed E-state index contributed by atoms with van der Waals surface area (Å²) >= 11 is 0. The zero-order chi connectivity index (χ0) is 16.2. The second-order valence-electron chi connectivity index (χ2n) is 5.25. The van der Waals surface area contributed by atoms with E-state index in [2.05, 4.69) is 30.4 Å². The zero-order valence-electron chi connectivity index (χ0n) is 12.9. The Kier molecular flexibility index (Phi) is 3.81. The molecule has 4 aromatic rings. The highest BCUT2D eigenvalue weighted by molar-refractivity contribution is 5.61. The number of rotatable bonds is 5. The molecule has 0 saturated carbocycles. The molecule has 7 nitrogen and oxygen atoms in total. The Morgan fingerprint density at radius 1 is 0.958 bits per heavy atom. The van der Waals surface area contributed by atoms with Crippen LogP contribution >= 0.6 is 0 Å². The lowest BCUT2D eigenvalue weighted by Crippen LogP contribution is -2.10. The van der Waals surface area contributed by atoms with Crippen molar-refractivity contribution in [1.29, 1.82) is 0 Å². The van der Waals surface area contributed by atoms with E-state index in [0.29, 0.717) is 5.78 Å². The standard InChI is InChI=1S/C17H15N7/c1-2-7-19-14(3-1)15-11-16(24-17(23-15)21-12-22-24)20-10-6-13-4-8-18-9-5-13/h1-5,7-9,11-12,20H,6,10H2. The topological polar surface area (TPSA) is 80.9 Å². The molecular formula is C17H15N7. The van der Waals surface area contributed by atoms with Crippen LogP contribution in [0.1, 0.15) is 5.56 Å². The molecule has 0 radical (unpaired) electrons. The van der Waals surface area contributed by atoms with Gasteiger partial charge in [-0.05, 0) is 36.2 Å². The van der Waals surface area contributed by atoms with Crippen molar-refractivity contribution in [3.8, 4) is 11.4 Å². The molecule has 0 aliphatic rings. The molecule has 0 aliphatic heterocycles. The Labute approximate surface area is 138 Å². The molecule has 0 saturated heterocycles. The van der Waals surface area contributed by atoms with Gasteiger partial charge in [0.1, 0.15) is 12.1 Å². The molecule has 7 heteroatoms. The first-order valence-corrected chi connectivity index (χ1v) is 7.65. The number of hydrogen-bond acceptors (Lipinski definition) is 6. The molecule has 0 atom stereocenters. The lowest BCUT2D eigenvalue weighted by molar-refractivity contribution is 0.912. The van der Waals surface area contributed by atoms with Crippen LogP contribution < -0.4 is 5.32 Å². The van der Waals surface area contributed by atoms with E-state index in [1.54, 1.807) is 23.1 Å². The predicted octanol–water partition coefficient (Wildman–Crippen LogP) is 2.24. The van der Waals surface area contributed by atoms with E-state index in [-0.39, 0.29) is 0 Å². The maximum absolute atomic E-state index is 4.51. The minimum atomic E-state index is 0.546. The van der Waals surface area contributed by atoms with E-state index in [1.165, 1.54) is 11.9 Å². The third kappa shape index (κ3) is 2.91. The van der Waals surface area contributed by atoms with Gasteiger partial charge in [0.2, 0.25) is 0 Å². The van der Waals surface area contributed by atoms with E-state index < -0.39 is 0 Å². The van der Waals surface area contributed by atoms with E-state index in [1.807, 2.05) is 36.4 Å². The molecule has 24 heavy (non-hydrogen) atoms. The van der Waals surface area contributed by atoms with Gasteiger partial charge in [-0.25, -0.2) is 4.98 Å². The lowest BCUT2D eigenvalue weighted by atomic mass is 10.2. The summed E-state index contributed by atoms with van der Waals surface area (Å²) in [6, 6.07) is 11.7. The fourth-order valence-corrected chi connectivity index (χ4v) is 2.47. The molecule has 4 heterocycles. The second-order valence-corrected chi connectivity index (χ2v) is 5.25. The number of aromatic nitrogens is 6. The molecule has 0 fully saturated rings.